The number of hydrogen-bond donors (Lipinski definition) is 2. The molecule has 2 rings (SSSR count). The van der Waals surface area contributed by atoms with Gasteiger partial charge in [0, 0.05) is 42.0 Å². The number of aromatic nitrogens is 2. The van der Waals surface area contributed by atoms with Crippen LogP contribution in [0.25, 0.3) is 0 Å². The Morgan fingerprint density at radius 3 is 2.89 bits per heavy atom. The number of aryl methyl sites for hydroxylation is 2. The van der Waals surface area contributed by atoms with Crippen LogP contribution in [-0.4, -0.2) is 38.3 Å². The lowest BCUT2D eigenvalue weighted by atomic mass is 10.1. The summed E-state index contributed by atoms with van der Waals surface area (Å²) in [4.78, 5) is 0. The molecule has 1 fully saturated rings. The van der Waals surface area contributed by atoms with Gasteiger partial charge in [-0.25, -0.2) is 0 Å². The summed E-state index contributed by atoms with van der Waals surface area (Å²) >= 11 is 7.66. The van der Waals surface area contributed by atoms with Crippen LogP contribution in [0.15, 0.2) is 4.47 Å². The summed E-state index contributed by atoms with van der Waals surface area (Å²) in [6.45, 7) is 2.02. The fourth-order valence-corrected chi connectivity index (χ4v) is 5.51. The third-order valence-corrected chi connectivity index (χ3v) is 7.13. The average molecular weight is 351 g/mol. The lowest BCUT2D eigenvalue weighted by Gasteiger charge is -2.29. The molecule has 0 radical (unpaired) electrons. The second kappa shape index (κ2) is 6.65. The molecule has 2 atom stereocenters. The van der Waals surface area contributed by atoms with E-state index in [0.717, 1.165) is 16.6 Å². The first-order valence-electron chi connectivity index (χ1n) is 5.97. The van der Waals surface area contributed by atoms with E-state index in [9.17, 15) is 0 Å². The summed E-state index contributed by atoms with van der Waals surface area (Å²) in [7, 11) is 1.99. The zero-order valence-corrected chi connectivity index (χ0v) is 13.9. The molecule has 2 heterocycles. The number of thioether (sulfide) groups is 2. The first kappa shape index (κ1) is 14.7. The third kappa shape index (κ3) is 3.25. The summed E-state index contributed by atoms with van der Waals surface area (Å²) in [5.74, 6) is 9.39. The molecule has 102 valence electrons. The molecule has 4 nitrogen and oxygen atoms in total. The molecule has 0 saturated carbocycles. The Morgan fingerprint density at radius 2 is 2.39 bits per heavy atom. The number of halogens is 1. The molecule has 0 aromatic carbocycles. The van der Waals surface area contributed by atoms with Crippen LogP contribution in [0, 0.1) is 6.92 Å². The van der Waals surface area contributed by atoms with Gasteiger partial charge in [-0.2, -0.15) is 28.6 Å². The summed E-state index contributed by atoms with van der Waals surface area (Å²) in [6.07, 6.45) is 0.909. The first-order valence-corrected chi connectivity index (χ1v) is 8.96. The average Bonchev–Trinajstić information content (AvgIpc) is 2.62. The molecule has 1 saturated heterocycles. The third-order valence-electron chi connectivity index (χ3n) is 3.18. The summed E-state index contributed by atoms with van der Waals surface area (Å²) in [5.41, 5.74) is 5.24. The van der Waals surface area contributed by atoms with Crippen molar-refractivity contribution in [3.05, 3.63) is 15.9 Å². The van der Waals surface area contributed by atoms with Crippen LogP contribution in [0.3, 0.4) is 0 Å². The molecule has 1 aliphatic rings. The van der Waals surface area contributed by atoms with Crippen LogP contribution in [0.1, 0.15) is 11.4 Å². The molecule has 1 aliphatic heterocycles. The predicted molar refractivity (Wildman–Crippen MR) is 84.0 cm³/mol. The zero-order chi connectivity index (χ0) is 13.1. The highest BCUT2D eigenvalue weighted by Crippen LogP contribution is 2.29. The van der Waals surface area contributed by atoms with Gasteiger partial charge in [-0.1, -0.05) is 0 Å². The maximum Gasteiger partial charge on any atom is 0.0738 e. The molecule has 3 N–H and O–H groups in total. The molecule has 1 aromatic heterocycles. The van der Waals surface area contributed by atoms with Gasteiger partial charge >= 0.3 is 0 Å². The minimum Gasteiger partial charge on any atom is -0.271 e. The van der Waals surface area contributed by atoms with Crippen molar-refractivity contribution in [2.75, 3.05) is 17.3 Å². The smallest absolute Gasteiger partial charge is 0.0738 e. The van der Waals surface area contributed by atoms with E-state index in [-0.39, 0.29) is 0 Å². The van der Waals surface area contributed by atoms with Crippen molar-refractivity contribution in [1.82, 2.24) is 15.2 Å². The van der Waals surface area contributed by atoms with Crippen molar-refractivity contribution in [3.8, 4) is 0 Å². The molecule has 0 aliphatic carbocycles. The number of rotatable bonds is 4. The van der Waals surface area contributed by atoms with Crippen LogP contribution in [0.5, 0.6) is 0 Å². The lowest BCUT2D eigenvalue weighted by molar-refractivity contribution is 0.505. The predicted octanol–water partition coefficient (Wildman–Crippen LogP) is 1.71. The van der Waals surface area contributed by atoms with Gasteiger partial charge in [0.15, 0.2) is 0 Å². The molecule has 0 amide bonds. The van der Waals surface area contributed by atoms with Gasteiger partial charge in [-0.15, -0.1) is 0 Å². The van der Waals surface area contributed by atoms with E-state index in [2.05, 4.69) is 26.5 Å². The number of hydrazine groups is 1. The van der Waals surface area contributed by atoms with Gasteiger partial charge in [0.25, 0.3) is 0 Å². The quantitative estimate of drug-likeness (QED) is 0.639. The minimum atomic E-state index is 0.300. The topological polar surface area (TPSA) is 55.9 Å². The molecule has 1 aromatic rings. The van der Waals surface area contributed by atoms with Crippen LogP contribution in [0.4, 0.5) is 0 Å². The SMILES string of the molecule is Cc1nn(C)c(CC(NN)C2CSCCS2)c1Br. The Labute approximate surface area is 125 Å². The number of nitrogens with zero attached hydrogens (tertiary/aromatic N) is 2. The fourth-order valence-electron chi connectivity index (χ4n) is 2.15. The fraction of sp³-hybridized carbons (Fsp3) is 0.727. The van der Waals surface area contributed by atoms with Gasteiger partial charge in [0.2, 0.25) is 0 Å². The Hall–Kier alpha value is 0.310. The maximum atomic E-state index is 5.74. The summed E-state index contributed by atoms with van der Waals surface area (Å²) in [6, 6.07) is 0.300. The standard InChI is InChI=1S/C11H19BrN4S2/c1-7-11(12)9(16(2)15-7)5-8(14-13)10-6-17-3-4-18-10/h8,10,14H,3-6,13H2,1-2H3. The normalized spacial score (nSPS) is 22.1. The van der Waals surface area contributed by atoms with Crippen LogP contribution in [-0.2, 0) is 13.5 Å². The maximum absolute atomic E-state index is 5.74. The van der Waals surface area contributed by atoms with Gasteiger partial charge in [-0.3, -0.25) is 16.0 Å². The number of nitrogens with two attached hydrogens (primary N) is 1. The monoisotopic (exact) mass is 350 g/mol. The van der Waals surface area contributed by atoms with E-state index in [1.165, 1.54) is 23.0 Å². The van der Waals surface area contributed by atoms with Gasteiger partial charge in [-0.05, 0) is 22.9 Å². The molecular weight excluding hydrogens is 332 g/mol. The van der Waals surface area contributed by atoms with E-state index in [1.807, 2.05) is 42.2 Å². The number of hydrogen-bond acceptors (Lipinski definition) is 5. The van der Waals surface area contributed by atoms with Crippen LogP contribution >= 0.6 is 39.5 Å². The zero-order valence-electron chi connectivity index (χ0n) is 10.6. The van der Waals surface area contributed by atoms with Crippen molar-refractivity contribution in [1.29, 1.82) is 0 Å². The van der Waals surface area contributed by atoms with Crippen molar-refractivity contribution < 1.29 is 0 Å². The van der Waals surface area contributed by atoms with E-state index in [1.54, 1.807) is 0 Å². The largest absolute Gasteiger partial charge is 0.271 e. The van der Waals surface area contributed by atoms with Gasteiger partial charge in [0.05, 0.1) is 15.9 Å². The van der Waals surface area contributed by atoms with Gasteiger partial charge in [0.1, 0.15) is 0 Å². The van der Waals surface area contributed by atoms with E-state index >= 15 is 0 Å². The number of nitrogens with one attached hydrogen (secondary N) is 1. The molecular formula is C11H19BrN4S2. The van der Waals surface area contributed by atoms with Crippen LogP contribution < -0.4 is 11.3 Å². The minimum absolute atomic E-state index is 0.300. The highest BCUT2D eigenvalue weighted by Gasteiger charge is 2.26. The first-order chi connectivity index (χ1) is 8.63. The molecule has 0 spiro atoms. The van der Waals surface area contributed by atoms with Crippen molar-refractivity contribution in [2.45, 2.75) is 24.6 Å². The van der Waals surface area contributed by atoms with E-state index in [0.29, 0.717) is 11.3 Å². The molecule has 18 heavy (non-hydrogen) atoms. The Balaban J connectivity index is 2.09. The second-order valence-corrected chi connectivity index (χ2v) is 7.72. The summed E-state index contributed by atoms with van der Waals surface area (Å²) < 4.78 is 3.06. The Bertz CT molecular complexity index is 404. The van der Waals surface area contributed by atoms with E-state index < -0.39 is 0 Å². The highest BCUT2D eigenvalue weighted by atomic mass is 79.9. The Kier molecular flexibility index (Phi) is 5.44. The molecule has 0 bridgehead atoms. The lowest BCUT2D eigenvalue weighted by Crippen LogP contribution is -2.46. The Morgan fingerprint density at radius 1 is 1.61 bits per heavy atom. The summed E-state index contributed by atoms with van der Waals surface area (Å²) in [5, 5.41) is 5.01. The van der Waals surface area contributed by atoms with Crippen molar-refractivity contribution in [2.24, 2.45) is 12.9 Å². The van der Waals surface area contributed by atoms with Crippen molar-refractivity contribution in [3.63, 3.8) is 0 Å². The van der Waals surface area contributed by atoms with E-state index in [4.69, 9.17) is 5.84 Å². The van der Waals surface area contributed by atoms with Crippen molar-refractivity contribution >= 4 is 39.5 Å². The highest BCUT2D eigenvalue weighted by molar-refractivity contribution is 9.10. The molecule has 2 unspecified atom stereocenters. The van der Waals surface area contributed by atoms with Gasteiger partial charge < -0.3 is 0 Å². The molecule has 7 heteroatoms. The van der Waals surface area contributed by atoms with Crippen LogP contribution in [0.2, 0.25) is 0 Å². The second-order valence-electron chi connectivity index (χ2n) is 4.43.